The summed E-state index contributed by atoms with van der Waals surface area (Å²) in [5.41, 5.74) is 3.97. The molecule has 174 valence electrons. The molecule has 0 bridgehead atoms. The van der Waals surface area contributed by atoms with Crippen molar-refractivity contribution in [2.45, 2.75) is 43.4 Å². The highest BCUT2D eigenvalue weighted by Gasteiger charge is 2.62. The number of benzene rings is 2. The maximum absolute atomic E-state index is 13.4. The molecule has 3 aliphatic rings. The van der Waals surface area contributed by atoms with E-state index >= 15 is 0 Å². The van der Waals surface area contributed by atoms with E-state index in [-0.39, 0.29) is 5.91 Å². The Morgan fingerprint density at radius 3 is 2.38 bits per heavy atom. The van der Waals surface area contributed by atoms with E-state index in [4.69, 9.17) is 4.74 Å². The minimum Gasteiger partial charge on any atom is -0.488 e. The number of nitrogens with one attached hydrogen (secondary N) is 1. The van der Waals surface area contributed by atoms with E-state index in [2.05, 4.69) is 33.2 Å². The zero-order valence-electron chi connectivity index (χ0n) is 19.5. The lowest BCUT2D eigenvalue weighted by Crippen LogP contribution is -2.60. The summed E-state index contributed by atoms with van der Waals surface area (Å²) < 4.78 is 6.14. The van der Waals surface area contributed by atoms with Gasteiger partial charge in [0.1, 0.15) is 12.4 Å². The molecular weight excluding hydrogens is 424 g/mol. The van der Waals surface area contributed by atoms with Gasteiger partial charge in [0, 0.05) is 36.1 Å². The van der Waals surface area contributed by atoms with E-state index in [1.807, 2.05) is 54.6 Å². The lowest BCUT2D eigenvalue weighted by molar-refractivity contribution is 0.102. The highest BCUT2D eigenvalue weighted by molar-refractivity contribution is 6.06. The van der Waals surface area contributed by atoms with E-state index in [9.17, 15) is 4.79 Å². The molecule has 1 saturated heterocycles. The van der Waals surface area contributed by atoms with Crippen LogP contribution >= 0.6 is 0 Å². The van der Waals surface area contributed by atoms with Crippen molar-refractivity contribution in [3.63, 3.8) is 0 Å². The van der Waals surface area contributed by atoms with Gasteiger partial charge in [0.25, 0.3) is 5.91 Å². The molecule has 1 aliphatic heterocycles. The van der Waals surface area contributed by atoms with Gasteiger partial charge >= 0.3 is 0 Å². The quantitative estimate of drug-likeness (QED) is 0.584. The van der Waals surface area contributed by atoms with Gasteiger partial charge in [0.2, 0.25) is 0 Å². The number of hydrogen-bond acceptors (Lipinski definition) is 5. The first-order chi connectivity index (χ1) is 16.6. The van der Waals surface area contributed by atoms with Crippen molar-refractivity contribution in [1.29, 1.82) is 0 Å². The van der Waals surface area contributed by atoms with Gasteiger partial charge in [-0.25, -0.2) is 0 Å². The molecule has 1 aromatic heterocycles. The molecule has 2 spiro atoms. The summed E-state index contributed by atoms with van der Waals surface area (Å²) in [5.74, 6) is 0.403. The van der Waals surface area contributed by atoms with Gasteiger partial charge in [-0.05, 0) is 68.6 Å². The first-order valence-corrected chi connectivity index (χ1v) is 12.1. The Kier molecular flexibility index (Phi) is 5.06. The maximum Gasteiger partial charge on any atom is 0.259 e. The summed E-state index contributed by atoms with van der Waals surface area (Å²) in [6, 6.07) is 19.7. The fourth-order valence-electron chi connectivity index (χ4n) is 5.33. The van der Waals surface area contributed by atoms with Crippen LogP contribution in [0.15, 0.2) is 73.1 Å². The second kappa shape index (κ2) is 8.13. The summed E-state index contributed by atoms with van der Waals surface area (Å²) >= 11 is 0. The van der Waals surface area contributed by atoms with Gasteiger partial charge in [-0.1, -0.05) is 30.3 Å². The van der Waals surface area contributed by atoms with E-state index < -0.39 is 0 Å². The van der Waals surface area contributed by atoms with E-state index in [0.717, 1.165) is 24.3 Å². The standard InChI is InChI=1S/C28H30N4O2/c1-31-27(11-12-27)19-32(20-28(31)13-14-28)23-9-10-25(34-18-21-6-3-2-4-7-21)24(16-23)26(33)30-22-8-5-15-29-17-22/h2-10,15-17H,11-14,18-20H2,1H3,(H,30,33). The van der Waals surface area contributed by atoms with Crippen LogP contribution in [-0.4, -0.2) is 47.0 Å². The topological polar surface area (TPSA) is 57.7 Å². The molecule has 1 N–H and O–H groups in total. The smallest absolute Gasteiger partial charge is 0.259 e. The van der Waals surface area contributed by atoms with Gasteiger partial charge < -0.3 is 15.0 Å². The zero-order valence-corrected chi connectivity index (χ0v) is 19.5. The van der Waals surface area contributed by atoms with Crippen molar-refractivity contribution < 1.29 is 9.53 Å². The first kappa shape index (κ1) is 21.2. The van der Waals surface area contributed by atoms with Crippen molar-refractivity contribution in [2.75, 3.05) is 30.4 Å². The largest absolute Gasteiger partial charge is 0.488 e. The second-order valence-corrected chi connectivity index (χ2v) is 10.0. The highest BCUT2D eigenvalue weighted by atomic mass is 16.5. The molecule has 2 saturated carbocycles. The van der Waals surface area contributed by atoms with Crippen molar-refractivity contribution in [3.8, 4) is 5.75 Å². The normalized spacial score (nSPS) is 19.7. The number of anilines is 2. The maximum atomic E-state index is 13.4. The summed E-state index contributed by atoms with van der Waals surface area (Å²) in [6.45, 7) is 2.44. The number of piperazine rings is 1. The van der Waals surface area contributed by atoms with Crippen LogP contribution in [0.4, 0.5) is 11.4 Å². The molecule has 0 radical (unpaired) electrons. The first-order valence-electron chi connectivity index (χ1n) is 12.1. The number of ether oxygens (including phenoxy) is 1. The highest BCUT2D eigenvalue weighted by Crippen LogP contribution is 2.56. The number of amides is 1. The lowest BCUT2D eigenvalue weighted by Gasteiger charge is -2.47. The van der Waals surface area contributed by atoms with Crippen molar-refractivity contribution in [2.24, 2.45) is 0 Å². The van der Waals surface area contributed by atoms with Gasteiger partial charge in [-0.15, -0.1) is 0 Å². The Bertz CT molecular complexity index is 1170. The third-order valence-corrected chi connectivity index (χ3v) is 7.78. The molecule has 2 aromatic carbocycles. The van der Waals surface area contributed by atoms with Crippen molar-refractivity contribution in [1.82, 2.24) is 9.88 Å². The van der Waals surface area contributed by atoms with Crippen LogP contribution in [0.2, 0.25) is 0 Å². The zero-order chi connectivity index (χ0) is 23.2. The van der Waals surface area contributed by atoms with Crippen LogP contribution in [0.25, 0.3) is 0 Å². The number of carbonyl (C=O) groups excluding carboxylic acids is 1. The number of carbonyl (C=O) groups is 1. The molecule has 6 nitrogen and oxygen atoms in total. The van der Waals surface area contributed by atoms with Gasteiger partial charge in [-0.2, -0.15) is 0 Å². The van der Waals surface area contributed by atoms with E-state index in [1.165, 1.54) is 25.7 Å². The van der Waals surface area contributed by atoms with Crippen LogP contribution in [0, 0.1) is 0 Å². The fraction of sp³-hybridized carbons (Fsp3) is 0.357. The summed E-state index contributed by atoms with van der Waals surface area (Å²) in [4.78, 5) is 22.6. The average molecular weight is 455 g/mol. The van der Waals surface area contributed by atoms with E-state index in [1.54, 1.807) is 12.4 Å². The SMILES string of the molecule is CN1C2(CC2)CN(c2ccc(OCc3ccccc3)c(C(=O)Nc3cccnc3)c2)CC12CC2. The van der Waals surface area contributed by atoms with Crippen molar-refractivity contribution >= 4 is 17.3 Å². The molecule has 6 heteroatoms. The monoisotopic (exact) mass is 454 g/mol. The number of aromatic nitrogens is 1. The molecule has 1 amide bonds. The third kappa shape index (κ3) is 3.92. The third-order valence-electron chi connectivity index (χ3n) is 7.78. The molecule has 6 rings (SSSR count). The molecule has 0 atom stereocenters. The van der Waals surface area contributed by atoms with Crippen LogP contribution in [-0.2, 0) is 6.61 Å². The number of likely N-dealkylation sites (N-methyl/N-ethyl adjacent to an activating group) is 1. The molecule has 0 unspecified atom stereocenters. The lowest BCUT2D eigenvalue weighted by atomic mass is 10.0. The number of nitrogens with zero attached hydrogens (tertiary/aromatic N) is 3. The van der Waals surface area contributed by atoms with Gasteiger partial charge in [-0.3, -0.25) is 14.7 Å². The Morgan fingerprint density at radius 1 is 1.00 bits per heavy atom. The Labute approximate surface area is 200 Å². The molecule has 34 heavy (non-hydrogen) atoms. The Morgan fingerprint density at radius 2 is 1.74 bits per heavy atom. The number of pyridine rings is 1. The summed E-state index contributed by atoms with van der Waals surface area (Å²) in [6.07, 6.45) is 8.38. The molecule has 3 fully saturated rings. The predicted octanol–water partition coefficient (Wildman–Crippen LogP) is 4.73. The number of rotatable bonds is 6. The Hall–Kier alpha value is -3.38. The van der Waals surface area contributed by atoms with Crippen LogP contribution in [0.1, 0.15) is 41.6 Å². The predicted molar refractivity (Wildman–Crippen MR) is 133 cm³/mol. The molecular formula is C28H30N4O2. The minimum absolute atomic E-state index is 0.186. The minimum atomic E-state index is -0.186. The van der Waals surface area contributed by atoms with Gasteiger partial charge in [0.05, 0.1) is 17.4 Å². The van der Waals surface area contributed by atoms with Crippen LogP contribution < -0.4 is 15.0 Å². The number of hydrogen-bond donors (Lipinski definition) is 1. The molecule has 2 aliphatic carbocycles. The summed E-state index contributed by atoms with van der Waals surface area (Å²) in [7, 11) is 2.31. The average Bonchev–Trinajstić information content (AvgIpc) is 3.80. The van der Waals surface area contributed by atoms with Crippen molar-refractivity contribution in [3.05, 3.63) is 84.2 Å². The molecule has 3 aromatic rings. The molecule has 2 heterocycles. The van der Waals surface area contributed by atoms with Crippen LogP contribution in [0.3, 0.4) is 0 Å². The Balaban J connectivity index is 1.29. The van der Waals surface area contributed by atoms with Crippen LogP contribution in [0.5, 0.6) is 5.75 Å². The summed E-state index contributed by atoms with van der Waals surface area (Å²) in [5, 5.41) is 2.98. The van der Waals surface area contributed by atoms with Gasteiger partial charge in [0.15, 0.2) is 0 Å². The van der Waals surface area contributed by atoms with E-state index in [0.29, 0.717) is 34.7 Å². The second-order valence-electron chi connectivity index (χ2n) is 10.0. The fourth-order valence-corrected chi connectivity index (χ4v) is 5.33.